The van der Waals surface area contributed by atoms with E-state index >= 15 is 0 Å². The third kappa shape index (κ3) is 8.64. The van der Waals surface area contributed by atoms with Crippen LogP contribution in [0.5, 0.6) is 0 Å². The van der Waals surface area contributed by atoms with E-state index in [1.807, 2.05) is 0 Å². The summed E-state index contributed by atoms with van der Waals surface area (Å²) in [6, 6.07) is 0. The van der Waals surface area contributed by atoms with Gasteiger partial charge in [-0.1, -0.05) is 32.1 Å². The maximum Gasteiger partial charge on any atom is 0.305 e. The van der Waals surface area contributed by atoms with Gasteiger partial charge in [-0.2, -0.15) is 0 Å². The van der Waals surface area contributed by atoms with Crippen LogP contribution >= 0.6 is 0 Å². The second-order valence-corrected chi connectivity index (χ2v) is 5.76. The van der Waals surface area contributed by atoms with Crippen molar-refractivity contribution in [3.05, 3.63) is 0 Å². The third-order valence-corrected chi connectivity index (χ3v) is 3.72. The lowest BCUT2D eigenvalue weighted by molar-refractivity contribution is -0.164. The molecule has 0 N–H and O–H groups in total. The first-order chi connectivity index (χ1) is 10.5. The summed E-state index contributed by atoms with van der Waals surface area (Å²) in [4.78, 5) is 33.5. The van der Waals surface area contributed by atoms with Crippen molar-refractivity contribution in [2.24, 2.45) is 5.92 Å². The van der Waals surface area contributed by atoms with Crippen LogP contribution in [0.15, 0.2) is 0 Å². The molecule has 0 saturated heterocycles. The Bertz CT molecular complexity index is 373. The fourth-order valence-electron chi connectivity index (χ4n) is 2.62. The first-order valence-electron chi connectivity index (χ1n) is 7.93. The molecule has 0 aromatic rings. The minimum Gasteiger partial charge on any atom is -0.462 e. The molecule has 1 rings (SSSR count). The summed E-state index contributed by atoms with van der Waals surface area (Å²) < 4.78 is 14.9. The van der Waals surface area contributed by atoms with E-state index in [0.29, 0.717) is 12.3 Å². The van der Waals surface area contributed by atoms with Gasteiger partial charge >= 0.3 is 17.9 Å². The maximum absolute atomic E-state index is 11.7. The van der Waals surface area contributed by atoms with Gasteiger partial charge in [0.2, 0.25) is 0 Å². The second-order valence-electron chi connectivity index (χ2n) is 5.76. The third-order valence-electron chi connectivity index (χ3n) is 3.72. The molecular weight excluding hydrogens is 288 g/mol. The molecule has 1 aliphatic carbocycles. The van der Waals surface area contributed by atoms with Crippen molar-refractivity contribution in [1.82, 2.24) is 0 Å². The number of carbonyl (C=O) groups is 3. The molecule has 1 fully saturated rings. The number of hydrogen-bond acceptors (Lipinski definition) is 6. The summed E-state index contributed by atoms with van der Waals surface area (Å²) in [7, 11) is 0. The van der Waals surface area contributed by atoms with Crippen molar-refractivity contribution in [1.29, 1.82) is 0 Å². The van der Waals surface area contributed by atoms with Gasteiger partial charge in [-0.15, -0.1) is 0 Å². The smallest absolute Gasteiger partial charge is 0.305 e. The first kappa shape index (κ1) is 18.5. The zero-order valence-electron chi connectivity index (χ0n) is 13.5. The van der Waals surface area contributed by atoms with Crippen LogP contribution in [-0.2, 0) is 28.6 Å². The summed E-state index contributed by atoms with van der Waals surface area (Å²) in [6.07, 6.45) is 6.64. The molecule has 6 heteroatoms. The molecule has 0 amide bonds. The normalized spacial score (nSPS) is 16.6. The molecule has 1 unspecified atom stereocenters. The van der Waals surface area contributed by atoms with Crippen LogP contribution in [0.25, 0.3) is 0 Å². The predicted octanol–water partition coefficient (Wildman–Crippen LogP) is 2.38. The Hall–Kier alpha value is -1.59. The maximum atomic E-state index is 11.7. The quantitative estimate of drug-likeness (QED) is 0.505. The van der Waals surface area contributed by atoms with Gasteiger partial charge in [-0.3, -0.25) is 14.4 Å². The van der Waals surface area contributed by atoms with Gasteiger partial charge in [0, 0.05) is 20.3 Å². The van der Waals surface area contributed by atoms with E-state index in [4.69, 9.17) is 14.2 Å². The first-order valence-corrected chi connectivity index (χ1v) is 7.93. The van der Waals surface area contributed by atoms with Gasteiger partial charge in [-0.05, 0) is 12.3 Å². The molecule has 6 nitrogen and oxygen atoms in total. The molecular formula is C16H26O6. The van der Waals surface area contributed by atoms with E-state index in [2.05, 4.69) is 0 Å². The molecule has 1 aliphatic rings. The van der Waals surface area contributed by atoms with Gasteiger partial charge < -0.3 is 14.2 Å². The van der Waals surface area contributed by atoms with Crippen LogP contribution in [0.3, 0.4) is 0 Å². The highest BCUT2D eigenvalue weighted by Gasteiger charge is 2.18. The Kier molecular flexibility index (Phi) is 8.55. The van der Waals surface area contributed by atoms with Crippen molar-refractivity contribution < 1.29 is 28.6 Å². The fourth-order valence-corrected chi connectivity index (χ4v) is 2.62. The van der Waals surface area contributed by atoms with Gasteiger partial charge in [0.25, 0.3) is 0 Å². The average Bonchev–Trinajstić information content (AvgIpc) is 2.48. The fraction of sp³-hybridized carbons (Fsp3) is 0.812. The van der Waals surface area contributed by atoms with Crippen LogP contribution in [0, 0.1) is 5.92 Å². The Morgan fingerprint density at radius 3 is 2.18 bits per heavy atom. The molecule has 0 bridgehead atoms. The van der Waals surface area contributed by atoms with E-state index in [0.717, 1.165) is 6.42 Å². The highest BCUT2D eigenvalue weighted by molar-refractivity contribution is 5.69. The lowest BCUT2D eigenvalue weighted by Gasteiger charge is -2.21. The Morgan fingerprint density at radius 1 is 0.955 bits per heavy atom. The summed E-state index contributed by atoms with van der Waals surface area (Å²) in [5.74, 6) is -0.659. The summed E-state index contributed by atoms with van der Waals surface area (Å²) in [5.41, 5.74) is 0. The number of hydrogen-bond donors (Lipinski definition) is 0. The van der Waals surface area contributed by atoms with Gasteiger partial charge in [0.05, 0.1) is 0 Å². The minimum atomic E-state index is -0.750. The monoisotopic (exact) mass is 314 g/mol. The molecule has 0 radical (unpaired) electrons. The molecule has 0 aliphatic heterocycles. The topological polar surface area (TPSA) is 78.9 Å². The Morgan fingerprint density at radius 2 is 1.59 bits per heavy atom. The predicted molar refractivity (Wildman–Crippen MR) is 79.0 cm³/mol. The zero-order chi connectivity index (χ0) is 16.4. The molecule has 0 spiro atoms. The SMILES string of the molecule is CC(=O)OCC(COC(=O)CCC1CCCCC1)OC(C)=O. The van der Waals surface area contributed by atoms with Crippen molar-refractivity contribution in [2.45, 2.75) is 64.9 Å². The van der Waals surface area contributed by atoms with Crippen LogP contribution < -0.4 is 0 Å². The molecule has 0 heterocycles. The molecule has 22 heavy (non-hydrogen) atoms. The molecule has 1 atom stereocenters. The minimum absolute atomic E-state index is 0.0869. The van der Waals surface area contributed by atoms with Crippen molar-refractivity contribution in [3.8, 4) is 0 Å². The van der Waals surface area contributed by atoms with Crippen LogP contribution in [0.4, 0.5) is 0 Å². The summed E-state index contributed by atoms with van der Waals surface area (Å²) in [5, 5.41) is 0. The Balaban J connectivity index is 2.24. The number of ether oxygens (including phenoxy) is 3. The number of carbonyl (C=O) groups excluding carboxylic acids is 3. The number of rotatable bonds is 8. The molecule has 1 saturated carbocycles. The van der Waals surface area contributed by atoms with Crippen LogP contribution in [0.1, 0.15) is 58.8 Å². The van der Waals surface area contributed by atoms with Crippen molar-refractivity contribution in [3.63, 3.8) is 0 Å². The highest BCUT2D eigenvalue weighted by Crippen LogP contribution is 2.27. The van der Waals surface area contributed by atoms with Gasteiger partial charge in [0.1, 0.15) is 13.2 Å². The van der Waals surface area contributed by atoms with Crippen molar-refractivity contribution in [2.75, 3.05) is 13.2 Å². The summed E-state index contributed by atoms with van der Waals surface area (Å²) >= 11 is 0. The van der Waals surface area contributed by atoms with E-state index in [-0.39, 0.29) is 19.2 Å². The van der Waals surface area contributed by atoms with E-state index in [9.17, 15) is 14.4 Å². The Labute approximate surface area is 131 Å². The zero-order valence-corrected chi connectivity index (χ0v) is 13.5. The standard InChI is InChI=1S/C16H26O6/c1-12(17)20-10-15(22-13(2)18)11-21-16(19)9-8-14-6-4-3-5-7-14/h14-15H,3-11H2,1-2H3. The van der Waals surface area contributed by atoms with Crippen molar-refractivity contribution >= 4 is 17.9 Å². The largest absolute Gasteiger partial charge is 0.462 e. The van der Waals surface area contributed by atoms with Gasteiger partial charge in [-0.25, -0.2) is 0 Å². The van der Waals surface area contributed by atoms with E-state index in [1.165, 1.54) is 46.0 Å². The lowest BCUT2D eigenvalue weighted by atomic mass is 9.86. The van der Waals surface area contributed by atoms with E-state index < -0.39 is 18.0 Å². The van der Waals surface area contributed by atoms with E-state index in [1.54, 1.807) is 0 Å². The molecule has 126 valence electrons. The summed E-state index contributed by atoms with van der Waals surface area (Å²) in [6.45, 7) is 2.33. The van der Waals surface area contributed by atoms with Crippen LogP contribution in [-0.4, -0.2) is 37.2 Å². The highest BCUT2D eigenvalue weighted by atomic mass is 16.6. The number of esters is 3. The lowest BCUT2D eigenvalue weighted by Crippen LogP contribution is -2.29. The second kappa shape index (κ2) is 10.2. The molecule has 0 aromatic carbocycles. The van der Waals surface area contributed by atoms with Gasteiger partial charge in [0.15, 0.2) is 6.10 Å². The average molecular weight is 314 g/mol. The van der Waals surface area contributed by atoms with Crippen LogP contribution in [0.2, 0.25) is 0 Å². The molecule has 0 aromatic heterocycles.